The Labute approximate surface area is 143 Å². The van der Waals surface area contributed by atoms with Crippen LogP contribution in [0, 0.1) is 0 Å². The molecule has 0 spiro atoms. The van der Waals surface area contributed by atoms with Crippen molar-refractivity contribution in [2.45, 2.75) is 6.10 Å². The van der Waals surface area contributed by atoms with Gasteiger partial charge in [-0.05, 0) is 35.9 Å². The van der Waals surface area contributed by atoms with Crippen LogP contribution in [0.25, 0.3) is 5.69 Å². The summed E-state index contributed by atoms with van der Waals surface area (Å²) >= 11 is 5.81. The van der Waals surface area contributed by atoms with Gasteiger partial charge in [0.1, 0.15) is 5.69 Å². The summed E-state index contributed by atoms with van der Waals surface area (Å²) in [6.45, 7) is 0.0775. The molecule has 1 atom stereocenters. The minimum atomic E-state index is -0.819. The molecule has 0 fully saturated rings. The van der Waals surface area contributed by atoms with Crippen LogP contribution in [0.5, 0.6) is 0 Å². The molecule has 2 N–H and O–H groups in total. The zero-order valence-corrected chi connectivity index (χ0v) is 13.4. The maximum Gasteiger partial charge on any atom is 0.270 e. The summed E-state index contributed by atoms with van der Waals surface area (Å²) < 4.78 is 1.64. The molecule has 0 saturated carbocycles. The number of amides is 1. The van der Waals surface area contributed by atoms with Crippen LogP contribution >= 0.6 is 11.6 Å². The van der Waals surface area contributed by atoms with E-state index in [1.54, 1.807) is 65.7 Å². The van der Waals surface area contributed by atoms with Crippen molar-refractivity contribution in [2.24, 2.45) is 0 Å². The number of halogens is 1. The van der Waals surface area contributed by atoms with Crippen molar-refractivity contribution in [3.63, 3.8) is 0 Å². The van der Waals surface area contributed by atoms with Crippen LogP contribution in [0.3, 0.4) is 0 Å². The number of pyridine rings is 1. The summed E-state index contributed by atoms with van der Waals surface area (Å²) in [6, 6.07) is 12.0. The van der Waals surface area contributed by atoms with Gasteiger partial charge in [-0.3, -0.25) is 9.78 Å². The number of benzene rings is 1. The van der Waals surface area contributed by atoms with Gasteiger partial charge in [-0.1, -0.05) is 23.7 Å². The molecule has 0 radical (unpaired) electrons. The topological polar surface area (TPSA) is 80.0 Å². The van der Waals surface area contributed by atoms with E-state index in [-0.39, 0.29) is 18.1 Å². The average Bonchev–Trinajstić information content (AvgIpc) is 3.15. The second-order valence-electron chi connectivity index (χ2n) is 5.13. The molecule has 24 heavy (non-hydrogen) atoms. The summed E-state index contributed by atoms with van der Waals surface area (Å²) in [7, 11) is 0. The normalized spacial score (nSPS) is 11.9. The summed E-state index contributed by atoms with van der Waals surface area (Å²) in [6.07, 6.45) is 4.16. The minimum absolute atomic E-state index is 0.0775. The maximum atomic E-state index is 12.2. The third-order valence-corrected chi connectivity index (χ3v) is 3.71. The highest BCUT2D eigenvalue weighted by Gasteiger charge is 2.12. The fourth-order valence-corrected chi connectivity index (χ4v) is 2.32. The van der Waals surface area contributed by atoms with E-state index in [0.717, 1.165) is 5.69 Å². The SMILES string of the molecule is O=C(NC[C@@H](O)c1ccc(Cl)cc1)c1cc(-n2cccn2)ccn1. The van der Waals surface area contributed by atoms with Gasteiger partial charge in [0.25, 0.3) is 5.91 Å². The van der Waals surface area contributed by atoms with Crippen LogP contribution in [0.4, 0.5) is 0 Å². The van der Waals surface area contributed by atoms with Gasteiger partial charge in [0.15, 0.2) is 0 Å². The van der Waals surface area contributed by atoms with Gasteiger partial charge in [0.05, 0.1) is 11.8 Å². The van der Waals surface area contributed by atoms with Crippen LogP contribution in [0.1, 0.15) is 22.2 Å². The molecule has 3 rings (SSSR count). The molecule has 3 aromatic rings. The standard InChI is InChI=1S/C17H15ClN4O2/c18-13-4-2-12(3-5-13)16(23)11-20-17(24)15-10-14(6-8-19-15)22-9-1-7-21-22/h1-10,16,23H,11H2,(H,20,24)/t16-/m1/s1. The number of nitrogens with zero attached hydrogens (tertiary/aromatic N) is 3. The number of carbonyl (C=O) groups is 1. The minimum Gasteiger partial charge on any atom is -0.387 e. The van der Waals surface area contributed by atoms with Crippen molar-refractivity contribution in [2.75, 3.05) is 6.54 Å². The fourth-order valence-electron chi connectivity index (χ4n) is 2.19. The maximum absolute atomic E-state index is 12.2. The molecule has 0 aliphatic heterocycles. The summed E-state index contributed by atoms with van der Waals surface area (Å²) in [5.74, 6) is -0.364. The van der Waals surface area contributed by atoms with Gasteiger partial charge < -0.3 is 10.4 Å². The molecule has 0 saturated heterocycles. The third kappa shape index (κ3) is 3.79. The molecular weight excluding hydrogens is 328 g/mol. The van der Waals surface area contributed by atoms with E-state index in [1.165, 1.54) is 0 Å². The smallest absolute Gasteiger partial charge is 0.270 e. The lowest BCUT2D eigenvalue weighted by Gasteiger charge is -2.12. The molecule has 7 heteroatoms. The van der Waals surface area contributed by atoms with Crippen LogP contribution in [0.15, 0.2) is 61.1 Å². The highest BCUT2D eigenvalue weighted by molar-refractivity contribution is 6.30. The molecule has 2 heterocycles. The Balaban J connectivity index is 1.65. The van der Waals surface area contributed by atoms with Gasteiger partial charge >= 0.3 is 0 Å². The number of nitrogens with one attached hydrogen (secondary N) is 1. The Morgan fingerprint density at radius 2 is 2.04 bits per heavy atom. The van der Waals surface area contributed by atoms with Crippen molar-refractivity contribution < 1.29 is 9.90 Å². The molecule has 6 nitrogen and oxygen atoms in total. The van der Waals surface area contributed by atoms with E-state index in [2.05, 4.69) is 15.4 Å². The predicted molar refractivity (Wildman–Crippen MR) is 90.1 cm³/mol. The first-order valence-corrected chi connectivity index (χ1v) is 7.69. The van der Waals surface area contributed by atoms with Gasteiger partial charge in [0, 0.05) is 30.2 Å². The summed E-state index contributed by atoms with van der Waals surface area (Å²) in [5.41, 5.74) is 1.67. The van der Waals surface area contributed by atoms with E-state index in [4.69, 9.17) is 11.6 Å². The van der Waals surface area contributed by atoms with Crippen molar-refractivity contribution >= 4 is 17.5 Å². The van der Waals surface area contributed by atoms with E-state index in [9.17, 15) is 9.90 Å². The number of hydrogen-bond acceptors (Lipinski definition) is 4. The molecule has 0 aliphatic carbocycles. The van der Waals surface area contributed by atoms with Crippen LogP contribution in [-0.4, -0.2) is 32.3 Å². The number of aliphatic hydroxyl groups is 1. The van der Waals surface area contributed by atoms with E-state index in [1.807, 2.05) is 0 Å². The third-order valence-electron chi connectivity index (χ3n) is 3.46. The average molecular weight is 343 g/mol. The summed E-state index contributed by atoms with van der Waals surface area (Å²) in [4.78, 5) is 16.3. The van der Waals surface area contributed by atoms with Crippen molar-refractivity contribution in [3.8, 4) is 5.69 Å². The van der Waals surface area contributed by atoms with Gasteiger partial charge in [-0.2, -0.15) is 5.10 Å². The predicted octanol–water partition coefficient (Wildman–Crippen LogP) is 2.38. The fraction of sp³-hybridized carbons (Fsp3) is 0.118. The van der Waals surface area contributed by atoms with E-state index >= 15 is 0 Å². The van der Waals surface area contributed by atoms with Crippen molar-refractivity contribution in [1.82, 2.24) is 20.1 Å². The zero-order chi connectivity index (χ0) is 16.9. The Morgan fingerprint density at radius 3 is 2.75 bits per heavy atom. The van der Waals surface area contributed by atoms with Gasteiger partial charge in [0.2, 0.25) is 0 Å². The first-order chi connectivity index (χ1) is 11.6. The molecule has 1 aromatic carbocycles. The molecule has 0 unspecified atom stereocenters. The van der Waals surface area contributed by atoms with Crippen LogP contribution in [-0.2, 0) is 0 Å². The molecule has 0 aliphatic rings. The first-order valence-electron chi connectivity index (χ1n) is 7.31. The zero-order valence-electron chi connectivity index (χ0n) is 12.6. The lowest BCUT2D eigenvalue weighted by molar-refractivity contribution is 0.0911. The first kappa shape index (κ1) is 16.2. The number of carbonyl (C=O) groups excluding carboxylic acids is 1. The van der Waals surface area contributed by atoms with Crippen LogP contribution in [0.2, 0.25) is 5.02 Å². The molecule has 122 valence electrons. The Kier molecular flexibility index (Phi) is 4.88. The summed E-state index contributed by atoms with van der Waals surface area (Å²) in [5, 5.41) is 17.5. The second kappa shape index (κ2) is 7.25. The highest BCUT2D eigenvalue weighted by atomic mass is 35.5. The van der Waals surface area contributed by atoms with E-state index in [0.29, 0.717) is 10.6 Å². The number of aromatic nitrogens is 3. The monoisotopic (exact) mass is 342 g/mol. The lowest BCUT2D eigenvalue weighted by Crippen LogP contribution is -2.29. The lowest BCUT2D eigenvalue weighted by atomic mass is 10.1. The Morgan fingerprint density at radius 1 is 1.25 bits per heavy atom. The highest BCUT2D eigenvalue weighted by Crippen LogP contribution is 2.16. The molecule has 1 amide bonds. The second-order valence-corrected chi connectivity index (χ2v) is 5.56. The van der Waals surface area contributed by atoms with E-state index < -0.39 is 6.10 Å². The Bertz CT molecular complexity index is 819. The van der Waals surface area contributed by atoms with Gasteiger partial charge in [-0.25, -0.2) is 4.68 Å². The van der Waals surface area contributed by atoms with Crippen LogP contribution < -0.4 is 5.32 Å². The number of aliphatic hydroxyl groups excluding tert-OH is 1. The quantitative estimate of drug-likeness (QED) is 0.746. The number of rotatable bonds is 5. The van der Waals surface area contributed by atoms with Crippen molar-refractivity contribution in [1.29, 1.82) is 0 Å². The molecule has 0 bridgehead atoms. The molecular formula is C17H15ClN4O2. The Hall–Kier alpha value is -2.70. The largest absolute Gasteiger partial charge is 0.387 e. The molecule has 2 aromatic heterocycles. The van der Waals surface area contributed by atoms with Crippen molar-refractivity contribution in [3.05, 3.63) is 77.3 Å². The number of hydrogen-bond donors (Lipinski definition) is 2. The van der Waals surface area contributed by atoms with Gasteiger partial charge in [-0.15, -0.1) is 0 Å².